The number of fused-ring (bicyclic) bond motifs is 1. The first-order chi connectivity index (χ1) is 15.9. The van der Waals surface area contributed by atoms with E-state index < -0.39 is 0 Å². The fraction of sp³-hybridized carbons (Fsp3) is 0.308. The zero-order valence-corrected chi connectivity index (χ0v) is 19.5. The maximum Gasteiger partial charge on any atom is 0.252 e. The second-order valence-electron chi connectivity index (χ2n) is 8.30. The van der Waals surface area contributed by atoms with Crippen molar-refractivity contribution in [3.05, 3.63) is 88.5 Å². The number of aromatic nitrogens is 4. The summed E-state index contributed by atoms with van der Waals surface area (Å²) >= 11 is 0. The largest absolute Gasteiger partial charge is 0.491 e. The fourth-order valence-corrected chi connectivity index (χ4v) is 4.12. The number of carbonyl (C=O) groups excluding carboxylic acids is 1. The van der Waals surface area contributed by atoms with Crippen molar-refractivity contribution in [1.29, 1.82) is 0 Å². The number of nitrogens with zero attached hydrogens (tertiary/aromatic N) is 4. The smallest absolute Gasteiger partial charge is 0.252 e. The lowest BCUT2D eigenvalue weighted by molar-refractivity contribution is -0.122. The van der Waals surface area contributed by atoms with E-state index in [4.69, 9.17) is 4.74 Å². The first-order valence-corrected chi connectivity index (χ1v) is 11.1. The van der Waals surface area contributed by atoms with Gasteiger partial charge in [0.1, 0.15) is 18.7 Å². The van der Waals surface area contributed by atoms with Crippen molar-refractivity contribution < 1.29 is 9.53 Å². The monoisotopic (exact) mass is 443 g/mol. The van der Waals surface area contributed by atoms with E-state index in [1.54, 1.807) is 4.52 Å². The number of hydrogen-bond acceptors (Lipinski definition) is 5. The molecule has 4 rings (SSSR count). The van der Waals surface area contributed by atoms with Crippen molar-refractivity contribution >= 4 is 11.7 Å². The molecule has 170 valence electrons. The van der Waals surface area contributed by atoms with E-state index in [-0.39, 0.29) is 11.9 Å². The molecule has 0 saturated carbocycles. The summed E-state index contributed by atoms with van der Waals surface area (Å²) in [7, 11) is 0. The summed E-state index contributed by atoms with van der Waals surface area (Å²) in [5, 5.41) is 7.39. The molecule has 2 aromatic carbocycles. The molecule has 0 unspecified atom stereocenters. The number of para-hydroxylation sites is 1. The second kappa shape index (κ2) is 9.81. The molecule has 0 aliphatic rings. The van der Waals surface area contributed by atoms with Gasteiger partial charge in [0.25, 0.3) is 5.78 Å². The molecular formula is C26H29N5O2. The number of aryl methyl sites for hydroxylation is 4. The molecular weight excluding hydrogens is 414 g/mol. The van der Waals surface area contributed by atoms with Gasteiger partial charge < -0.3 is 10.1 Å². The number of nitrogens with one attached hydrogen (secondary N) is 1. The first-order valence-electron chi connectivity index (χ1n) is 11.1. The molecule has 1 N–H and O–H groups in total. The van der Waals surface area contributed by atoms with Crippen molar-refractivity contribution in [3.8, 4) is 5.75 Å². The van der Waals surface area contributed by atoms with Crippen molar-refractivity contribution in [2.24, 2.45) is 0 Å². The van der Waals surface area contributed by atoms with Gasteiger partial charge in [-0.05, 0) is 56.4 Å². The summed E-state index contributed by atoms with van der Waals surface area (Å²) < 4.78 is 7.90. The molecule has 7 heteroatoms. The van der Waals surface area contributed by atoms with Gasteiger partial charge in [0.15, 0.2) is 0 Å². The van der Waals surface area contributed by atoms with Crippen LogP contribution in [0.4, 0.5) is 0 Å². The third-order valence-corrected chi connectivity index (χ3v) is 5.93. The van der Waals surface area contributed by atoms with Crippen LogP contribution in [0.5, 0.6) is 5.75 Å². The zero-order chi connectivity index (χ0) is 23.4. The summed E-state index contributed by atoms with van der Waals surface area (Å²) in [6, 6.07) is 15.8. The maximum atomic E-state index is 13.0. The van der Waals surface area contributed by atoms with Crippen LogP contribution < -0.4 is 10.1 Å². The SMILES string of the molecule is Cc1cccc(C)c1OC[C@@H](NC(=O)CCc1c(C)nc2ncnn2c1C)c1ccccc1. The Morgan fingerprint density at radius 1 is 1.03 bits per heavy atom. The van der Waals surface area contributed by atoms with Gasteiger partial charge in [0.05, 0.1) is 6.04 Å². The molecule has 0 bridgehead atoms. The normalized spacial score (nSPS) is 12.0. The molecule has 0 fully saturated rings. The van der Waals surface area contributed by atoms with E-state index >= 15 is 0 Å². The van der Waals surface area contributed by atoms with Gasteiger partial charge >= 0.3 is 0 Å². The fourth-order valence-electron chi connectivity index (χ4n) is 4.12. The van der Waals surface area contributed by atoms with Crippen LogP contribution in [0.15, 0.2) is 54.9 Å². The minimum Gasteiger partial charge on any atom is -0.491 e. The molecule has 2 heterocycles. The Balaban J connectivity index is 1.46. The Morgan fingerprint density at radius 2 is 1.76 bits per heavy atom. The number of rotatable bonds is 8. The molecule has 33 heavy (non-hydrogen) atoms. The summed E-state index contributed by atoms with van der Waals surface area (Å²) in [5.41, 5.74) is 6.02. The molecule has 1 amide bonds. The van der Waals surface area contributed by atoms with Gasteiger partial charge in [-0.2, -0.15) is 10.1 Å². The molecule has 0 radical (unpaired) electrons. The average molecular weight is 444 g/mol. The summed E-state index contributed by atoms with van der Waals surface area (Å²) in [4.78, 5) is 21.6. The number of amides is 1. The van der Waals surface area contributed by atoms with Crippen LogP contribution in [-0.2, 0) is 11.2 Å². The van der Waals surface area contributed by atoms with Crippen LogP contribution in [0, 0.1) is 27.7 Å². The van der Waals surface area contributed by atoms with Crippen LogP contribution >= 0.6 is 0 Å². The topological polar surface area (TPSA) is 81.4 Å². The first kappa shape index (κ1) is 22.5. The van der Waals surface area contributed by atoms with E-state index in [1.807, 2.05) is 76.2 Å². The molecule has 1 atom stereocenters. The minimum absolute atomic E-state index is 0.0357. The number of benzene rings is 2. The lowest BCUT2D eigenvalue weighted by Crippen LogP contribution is -2.32. The zero-order valence-electron chi connectivity index (χ0n) is 19.5. The predicted octanol–water partition coefficient (Wildman–Crippen LogP) is 4.23. The molecule has 2 aromatic heterocycles. The highest BCUT2D eigenvalue weighted by molar-refractivity contribution is 5.76. The second-order valence-corrected chi connectivity index (χ2v) is 8.30. The van der Waals surface area contributed by atoms with E-state index in [2.05, 4.69) is 20.4 Å². The highest BCUT2D eigenvalue weighted by atomic mass is 16.5. The Kier molecular flexibility index (Phi) is 6.68. The van der Waals surface area contributed by atoms with Crippen molar-refractivity contribution in [2.45, 2.75) is 46.6 Å². The third kappa shape index (κ3) is 5.03. The van der Waals surface area contributed by atoms with Gasteiger partial charge in [-0.15, -0.1) is 0 Å². The van der Waals surface area contributed by atoms with E-state index in [0.717, 1.165) is 39.4 Å². The Hall–Kier alpha value is -3.74. The molecule has 0 aliphatic carbocycles. The Bertz CT molecular complexity index is 1250. The number of hydrogen-bond donors (Lipinski definition) is 1. The van der Waals surface area contributed by atoms with Crippen molar-refractivity contribution in [2.75, 3.05) is 6.61 Å². The Morgan fingerprint density at radius 3 is 2.48 bits per heavy atom. The maximum absolute atomic E-state index is 13.0. The van der Waals surface area contributed by atoms with Crippen LogP contribution in [0.25, 0.3) is 5.78 Å². The van der Waals surface area contributed by atoms with Crippen LogP contribution in [0.2, 0.25) is 0 Å². The summed E-state index contributed by atoms with van der Waals surface area (Å²) in [6.45, 7) is 8.34. The average Bonchev–Trinajstić information content (AvgIpc) is 3.27. The summed E-state index contributed by atoms with van der Waals surface area (Å²) in [6.07, 6.45) is 2.41. The van der Waals surface area contributed by atoms with Gasteiger partial charge in [0, 0.05) is 17.8 Å². The van der Waals surface area contributed by atoms with Gasteiger partial charge in [-0.1, -0.05) is 48.5 Å². The molecule has 0 spiro atoms. The molecule has 4 aromatic rings. The highest BCUT2D eigenvalue weighted by Crippen LogP contribution is 2.24. The lowest BCUT2D eigenvalue weighted by Gasteiger charge is -2.21. The number of ether oxygens (including phenoxy) is 1. The van der Waals surface area contributed by atoms with Gasteiger partial charge in [0.2, 0.25) is 5.91 Å². The predicted molar refractivity (Wildman–Crippen MR) is 127 cm³/mol. The van der Waals surface area contributed by atoms with Gasteiger partial charge in [-0.3, -0.25) is 4.79 Å². The number of carbonyl (C=O) groups is 1. The quantitative estimate of drug-likeness (QED) is 0.441. The van der Waals surface area contributed by atoms with E-state index in [0.29, 0.717) is 25.2 Å². The van der Waals surface area contributed by atoms with Crippen molar-refractivity contribution in [3.63, 3.8) is 0 Å². The Labute approximate surface area is 193 Å². The molecule has 7 nitrogen and oxygen atoms in total. The van der Waals surface area contributed by atoms with E-state index in [9.17, 15) is 4.79 Å². The summed E-state index contributed by atoms with van der Waals surface area (Å²) in [5.74, 6) is 1.41. The standard InChI is InChI=1S/C26H29N5O2/c1-17-9-8-10-18(2)25(17)33-15-23(21-11-6-5-7-12-21)30-24(32)14-13-22-19(3)29-26-27-16-28-31(26)20(22)4/h5-12,16,23H,13-15H2,1-4H3,(H,30,32)/t23-/m1/s1. The van der Waals surface area contributed by atoms with E-state index in [1.165, 1.54) is 6.33 Å². The molecule has 0 aliphatic heterocycles. The minimum atomic E-state index is -0.254. The van der Waals surface area contributed by atoms with Crippen LogP contribution in [0.1, 0.15) is 46.1 Å². The third-order valence-electron chi connectivity index (χ3n) is 5.93. The van der Waals surface area contributed by atoms with Gasteiger partial charge in [-0.25, -0.2) is 9.50 Å². The highest BCUT2D eigenvalue weighted by Gasteiger charge is 2.18. The van der Waals surface area contributed by atoms with Crippen LogP contribution in [-0.4, -0.2) is 32.1 Å². The van der Waals surface area contributed by atoms with Crippen molar-refractivity contribution in [1.82, 2.24) is 24.9 Å². The lowest BCUT2D eigenvalue weighted by atomic mass is 10.0. The van der Waals surface area contributed by atoms with Crippen LogP contribution in [0.3, 0.4) is 0 Å². The molecule has 0 saturated heterocycles.